The van der Waals surface area contributed by atoms with E-state index in [9.17, 15) is 4.79 Å². The number of nitrogens with two attached hydrogens (primary N) is 1. The topological polar surface area (TPSA) is 76.4 Å². The molecular formula is C13H18ClN3O2S. The fraction of sp³-hybridized carbons (Fsp3) is 0.385. The summed E-state index contributed by atoms with van der Waals surface area (Å²) in [6.45, 7) is 1.51. The van der Waals surface area contributed by atoms with E-state index >= 15 is 0 Å². The predicted molar refractivity (Wildman–Crippen MR) is 85.3 cm³/mol. The molecule has 20 heavy (non-hydrogen) atoms. The zero-order valence-electron chi connectivity index (χ0n) is 11.2. The van der Waals surface area contributed by atoms with Gasteiger partial charge in [-0.25, -0.2) is 0 Å². The Bertz CT molecular complexity index is 483. The quantitative estimate of drug-likeness (QED) is 0.501. The standard InChI is InChI=1S/C13H18ClN3O2S/c1-19-7-6-17-12(18)4-5-16-11-3-2-9(13(15)20)8-10(11)14/h2-3,8,16H,4-7H2,1H3,(H2,15,20)(H,17,18). The van der Waals surface area contributed by atoms with Crippen LogP contribution in [0.2, 0.25) is 5.02 Å². The normalized spacial score (nSPS) is 10.1. The Morgan fingerprint density at radius 3 is 2.80 bits per heavy atom. The molecule has 1 aromatic carbocycles. The Hall–Kier alpha value is -1.37. The maximum atomic E-state index is 11.5. The minimum Gasteiger partial charge on any atom is -0.389 e. The van der Waals surface area contributed by atoms with Crippen LogP contribution in [-0.2, 0) is 9.53 Å². The minimum atomic E-state index is -0.0366. The maximum absolute atomic E-state index is 11.5. The molecule has 0 aromatic heterocycles. The zero-order chi connectivity index (χ0) is 15.0. The molecule has 0 bridgehead atoms. The number of amides is 1. The van der Waals surface area contributed by atoms with Crippen molar-refractivity contribution >= 4 is 40.4 Å². The number of thiocarbonyl (C=S) groups is 1. The summed E-state index contributed by atoms with van der Waals surface area (Å²) in [5.41, 5.74) is 6.98. The van der Waals surface area contributed by atoms with Crippen molar-refractivity contribution in [1.29, 1.82) is 0 Å². The van der Waals surface area contributed by atoms with Gasteiger partial charge in [-0.15, -0.1) is 0 Å². The molecule has 5 nitrogen and oxygen atoms in total. The number of nitrogens with one attached hydrogen (secondary N) is 2. The van der Waals surface area contributed by atoms with Gasteiger partial charge < -0.3 is 21.1 Å². The van der Waals surface area contributed by atoms with Gasteiger partial charge in [0.2, 0.25) is 5.91 Å². The van der Waals surface area contributed by atoms with Crippen LogP contribution in [0, 0.1) is 0 Å². The number of carbonyl (C=O) groups is 1. The first kappa shape index (κ1) is 16.7. The highest BCUT2D eigenvalue weighted by Gasteiger charge is 2.05. The van der Waals surface area contributed by atoms with Crippen molar-refractivity contribution in [3.8, 4) is 0 Å². The average Bonchev–Trinajstić information content (AvgIpc) is 2.40. The number of rotatable bonds is 8. The van der Waals surface area contributed by atoms with Gasteiger partial charge in [0, 0.05) is 32.2 Å². The molecule has 0 aliphatic heterocycles. The second kappa shape index (κ2) is 8.73. The van der Waals surface area contributed by atoms with Gasteiger partial charge in [-0.05, 0) is 18.2 Å². The van der Waals surface area contributed by atoms with Crippen LogP contribution < -0.4 is 16.4 Å². The summed E-state index contributed by atoms with van der Waals surface area (Å²) in [4.78, 5) is 11.8. The number of benzene rings is 1. The Morgan fingerprint density at radius 2 is 2.20 bits per heavy atom. The van der Waals surface area contributed by atoms with Crippen molar-refractivity contribution in [2.24, 2.45) is 5.73 Å². The van der Waals surface area contributed by atoms with Crippen LogP contribution in [0.25, 0.3) is 0 Å². The number of hydrogen-bond acceptors (Lipinski definition) is 4. The Balaban J connectivity index is 2.38. The van der Waals surface area contributed by atoms with Gasteiger partial charge in [0.25, 0.3) is 0 Å². The lowest BCUT2D eigenvalue weighted by atomic mass is 10.2. The molecule has 0 saturated heterocycles. The molecule has 1 aromatic rings. The molecule has 110 valence electrons. The summed E-state index contributed by atoms with van der Waals surface area (Å²) in [6, 6.07) is 5.28. The van der Waals surface area contributed by atoms with Crippen molar-refractivity contribution in [2.75, 3.05) is 32.1 Å². The van der Waals surface area contributed by atoms with Gasteiger partial charge in [0.1, 0.15) is 4.99 Å². The first-order chi connectivity index (χ1) is 9.54. The molecule has 7 heteroatoms. The lowest BCUT2D eigenvalue weighted by Gasteiger charge is -2.10. The third kappa shape index (κ3) is 5.73. The maximum Gasteiger partial charge on any atom is 0.221 e. The summed E-state index contributed by atoms with van der Waals surface area (Å²) >= 11 is 11.0. The first-order valence-electron chi connectivity index (χ1n) is 6.13. The van der Waals surface area contributed by atoms with E-state index in [4.69, 9.17) is 34.3 Å². The van der Waals surface area contributed by atoms with Crippen molar-refractivity contribution in [3.63, 3.8) is 0 Å². The molecule has 0 saturated carbocycles. The van der Waals surface area contributed by atoms with Crippen LogP contribution in [0.3, 0.4) is 0 Å². The van der Waals surface area contributed by atoms with Gasteiger partial charge in [0.15, 0.2) is 0 Å². The molecule has 1 amide bonds. The van der Waals surface area contributed by atoms with E-state index in [-0.39, 0.29) is 5.91 Å². The SMILES string of the molecule is COCCNC(=O)CCNc1ccc(C(N)=S)cc1Cl. The van der Waals surface area contributed by atoms with Gasteiger partial charge in [-0.1, -0.05) is 23.8 Å². The number of hydrogen-bond donors (Lipinski definition) is 3. The van der Waals surface area contributed by atoms with Crippen LogP contribution in [0.5, 0.6) is 0 Å². The van der Waals surface area contributed by atoms with E-state index in [1.807, 2.05) is 0 Å². The first-order valence-corrected chi connectivity index (χ1v) is 6.92. The van der Waals surface area contributed by atoms with E-state index in [1.165, 1.54) is 0 Å². The molecular weight excluding hydrogens is 298 g/mol. The number of carbonyl (C=O) groups excluding carboxylic acids is 1. The van der Waals surface area contributed by atoms with E-state index in [0.717, 1.165) is 5.69 Å². The van der Waals surface area contributed by atoms with E-state index < -0.39 is 0 Å². The van der Waals surface area contributed by atoms with Crippen LogP contribution in [0.1, 0.15) is 12.0 Å². The third-order valence-corrected chi connectivity index (χ3v) is 3.10. The Kier molecular flexibility index (Phi) is 7.28. The monoisotopic (exact) mass is 315 g/mol. The summed E-state index contributed by atoms with van der Waals surface area (Å²) in [7, 11) is 1.59. The van der Waals surface area contributed by atoms with Crippen LogP contribution in [-0.4, -0.2) is 37.7 Å². The summed E-state index contributed by atoms with van der Waals surface area (Å²) < 4.78 is 4.84. The highest BCUT2D eigenvalue weighted by atomic mass is 35.5. The number of halogens is 1. The predicted octanol–water partition coefficient (Wildman–Crippen LogP) is 1.54. The molecule has 0 atom stereocenters. The van der Waals surface area contributed by atoms with Gasteiger partial charge in [0.05, 0.1) is 17.3 Å². The lowest BCUT2D eigenvalue weighted by Crippen LogP contribution is -2.28. The second-order valence-corrected chi connectivity index (χ2v) is 4.93. The highest BCUT2D eigenvalue weighted by Crippen LogP contribution is 2.22. The highest BCUT2D eigenvalue weighted by molar-refractivity contribution is 7.80. The van der Waals surface area contributed by atoms with Crippen LogP contribution >= 0.6 is 23.8 Å². The van der Waals surface area contributed by atoms with E-state index in [0.29, 0.717) is 41.7 Å². The molecule has 1 rings (SSSR count). The Labute approximate surface area is 128 Å². The van der Waals surface area contributed by atoms with E-state index in [2.05, 4.69) is 10.6 Å². The molecule has 0 radical (unpaired) electrons. The molecule has 0 spiro atoms. The van der Waals surface area contributed by atoms with E-state index in [1.54, 1.807) is 25.3 Å². The molecule has 0 unspecified atom stereocenters. The second-order valence-electron chi connectivity index (χ2n) is 4.08. The molecule has 0 heterocycles. The van der Waals surface area contributed by atoms with Crippen molar-refractivity contribution in [2.45, 2.75) is 6.42 Å². The molecule has 0 aliphatic carbocycles. The summed E-state index contributed by atoms with van der Waals surface area (Å²) in [6.07, 6.45) is 0.358. The summed E-state index contributed by atoms with van der Waals surface area (Å²) in [5.74, 6) is -0.0366. The van der Waals surface area contributed by atoms with Gasteiger partial charge >= 0.3 is 0 Å². The third-order valence-electron chi connectivity index (χ3n) is 2.55. The van der Waals surface area contributed by atoms with Gasteiger partial charge in [-0.3, -0.25) is 4.79 Å². The molecule has 4 N–H and O–H groups in total. The Morgan fingerprint density at radius 1 is 1.45 bits per heavy atom. The number of ether oxygens (including phenoxy) is 1. The molecule has 0 aliphatic rings. The number of methoxy groups -OCH3 is 1. The smallest absolute Gasteiger partial charge is 0.221 e. The molecule has 0 fully saturated rings. The lowest BCUT2D eigenvalue weighted by molar-refractivity contribution is -0.121. The summed E-state index contributed by atoms with van der Waals surface area (Å²) in [5, 5.41) is 6.35. The zero-order valence-corrected chi connectivity index (χ0v) is 12.8. The minimum absolute atomic E-state index is 0.0366. The van der Waals surface area contributed by atoms with Crippen molar-refractivity contribution in [1.82, 2.24) is 5.32 Å². The van der Waals surface area contributed by atoms with Gasteiger partial charge in [-0.2, -0.15) is 0 Å². The fourth-order valence-electron chi connectivity index (χ4n) is 1.50. The average molecular weight is 316 g/mol. The largest absolute Gasteiger partial charge is 0.389 e. The fourth-order valence-corrected chi connectivity index (χ4v) is 1.88. The van der Waals surface area contributed by atoms with Crippen molar-refractivity contribution in [3.05, 3.63) is 28.8 Å². The van der Waals surface area contributed by atoms with Crippen LogP contribution in [0.15, 0.2) is 18.2 Å². The van der Waals surface area contributed by atoms with Crippen LogP contribution in [0.4, 0.5) is 5.69 Å². The number of anilines is 1. The van der Waals surface area contributed by atoms with Crippen molar-refractivity contribution < 1.29 is 9.53 Å².